The van der Waals surface area contributed by atoms with E-state index < -0.39 is 17.8 Å². The van der Waals surface area contributed by atoms with Crippen LogP contribution in [0.4, 0.5) is 13.2 Å². The summed E-state index contributed by atoms with van der Waals surface area (Å²) >= 11 is 0. The number of benzene rings is 2. The zero-order valence-electron chi connectivity index (χ0n) is 16.5. The summed E-state index contributed by atoms with van der Waals surface area (Å²) in [5.41, 5.74) is 1.94. The summed E-state index contributed by atoms with van der Waals surface area (Å²) < 4.78 is 43.8. The predicted octanol–water partition coefficient (Wildman–Crippen LogP) is 4.18. The van der Waals surface area contributed by atoms with E-state index in [1.165, 1.54) is 12.1 Å². The molecule has 0 bridgehead atoms. The lowest BCUT2D eigenvalue weighted by molar-refractivity contribution is -0.137. The van der Waals surface area contributed by atoms with Crippen LogP contribution in [0.25, 0.3) is 22.2 Å². The van der Waals surface area contributed by atoms with Crippen molar-refractivity contribution < 1.29 is 27.8 Å². The predicted molar refractivity (Wildman–Crippen MR) is 107 cm³/mol. The van der Waals surface area contributed by atoms with Crippen molar-refractivity contribution >= 4 is 16.8 Å². The number of alkyl halides is 3. The quantitative estimate of drug-likeness (QED) is 0.630. The second-order valence-corrected chi connectivity index (χ2v) is 6.96. The molecule has 0 aliphatic rings. The molecule has 1 unspecified atom stereocenters. The maximum absolute atomic E-state index is 12.8. The number of pyridine rings is 1. The van der Waals surface area contributed by atoms with E-state index in [0.29, 0.717) is 22.3 Å². The van der Waals surface area contributed by atoms with Gasteiger partial charge in [0.15, 0.2) is 0 Å². The fourth-order valence-corrected chi connectivity index (χ4v) is 3.05. The molecule has 5 nitrogen and oxygen atoms in total. The van der Waals surface area contributed by atoms with E-state index in [1.54, 1.807) is 38.3 Å². The Bertz CT molecular complexity index is 1050. The van der Waals surface area contributed by atoms with Gasteiger partial charge in [-0.05, 0) is 42.8 Å². The second-order valence-electron chi connectivity index (χ2n) is 6.96. The number of nitrogens with zero attached hydrogens (tertiary/aromatic N) is 1. The number of aliphatic hydroxyl groups excluding tert-OH is 1. The molecule has 3 rings (SSSR count). The van der Waals surface area contributed by atoms with E-state index in [0.717, 1.165) is 23.1 Å². The van der Waals surface area contributed by atoms with Gasteiger partial charge in [-0.1, -0.05) is 18.2 Å². The molecule has 0 saturated carbocycles. The number of aromatic nitrogens is 1. The minimum Gasteiger partial charge on any atom is -0.394 e. The van der Waals surface area contributed by atoms with Gasteiger partial charge in [-0.15, -0.1) is 0 Å². The second kappa shape index (κ2) is 8.81. The zero-order chi connectivity index (χ0) is 21.9. The Morgan fingerprint density at radius 3 is 2.47 bits per heavy atom. The SMILES string of the molecule is COCc1cc(-c2ccc(C(F)(F)F)cc2)nc2cc(C(=O)NC(C)CO)ccc12. The molecular weight excluding hydrogens is 397 g/mol. The van der Waals surface area contributed by atoms with Crippen molar-refractivity contribution in [3.63, 3.8) is 0 Å². The number of amides is 1. The first kappa shape index (κ1) is 21.7. The Hall–Kier alpha value is -2.97. The Morgan fingerprint density at radius 2 is 1.87 bits per heavy atom. The van der Waals surface area contributed by atoms with Crippen LogP contribution in [0.3, 0.4) is 0 Å². The van der Waals surface area contributed by atoms with Gasteiger partial charge in [0.2, 0.25) is 0 Å². The van der Waals surface area contributed by atoms with E-state index in [2.05, 4.69) is 10.3 Å². The average Bonchev–Trinajstić information content (AvgIpc) is 2.72. The number of carbonyl (C=O) groups is 1. The number of aliphatic hydroxyl groups is 1. The molecule has 8 heteroatoms. The fourth-order valence-electron chi connectivity index (χ4n) is 3.05. The van der Waals surface area contributed by atoms with Crippen LogP contribution in [0.15, 0.2) is 48.5 Å². The molecule has 30 heavy (non-hydrogen) atoms. The van der Waals surface area contributed by atoms with Gasteiger partial charge in [0.25, 0.3) is 5.91 Å². The monoisotopic (exact) mass is 418 g/mol. The summed E-state index contributed by atoms with van der Waals surface area (Å²) in [5, 5.41) is 12.6. The lowest BCUT2D eigenvalue weighted by atomic mass is 10.0. The zero-order valence-corrected chi connectivity index (χ0v) is 16.5. The molecule has 1 atom stereocenters. The Labute approximate surface area is 171 Å². The molecule has 2 N–H and O–H groups in total. The highest BCUT2D eigenvalue weighted by atomic mass is 19.4. The summed E-state index contributed by atoms with van der Waals surface area (Å²) in [6.07, 6.45) is -4.41. The summed E-state index contributed by atoms with van der Waals surface area (Å²) in [6, 6.07) is 11.1. The number of carbonyl (C=O) groups excluding carboxylic acids is 1. The number of hydrogen-bond donors (Lipinski definition) is 2. The molecule has 2 aromatic carbocycles. The number of rotatable bonds is 6. The molecule has 1 amide bonds. The standard InChI is InChI=1S/C22H21F3N2O3/c1-13(11-28)26-21(29)15-5-8-18-16(12-30-2)10-19(27-20(18)9-15)14-3-6-17(7-4-14)22(23,24)25/h3-10,13,28H,11-12H2,1-2H3,(H,26,29). The Morgan fingerprint density at radius 1 is 1.17 bits per heavy atom. The Balaban J connectivity index is 2.05. The van der Waals surface area contributed by atoms with Gasteiger partial charge in [-0.3, -0.25) is 4.79 Å². The molecule has 158 valence electrons. The number of nitrogens with one attached hydrogen (secondary N) is 1. The number of fused-ring (bicyclic) bond motifs is 1. The van der Waals surface area contributed by atoms with Crippen molar-refractivity contribution in [1.82, 2.24) is 10.3 Å². The maximum atomic E-state index is 12.8. The van der Waals surface area contributed by atoms with Gasteiger partial charge >= 0.3 is 6.18 Å². The van der Waals surface area contributed by atoms with Gasteiger partial charge in [-0.2, -0.15) is 13.2 Å². The smallest absolute Gasteiger partial charge is 0.394 e. The van der Waals surface area contributed by atoms with E-state index in [4.69, 9.17) is 9.84 Å². The van der Waals surface area contributed by atoms with Crippen molar-refractivity contribution in [2.45, 2.75) is 25.7 Å². The van der Waals surface area contributed by atoms with Crippen LogP contribution in [-0.2, 0) is 17.5 Å². The molecule has 0 radical (unpaired) electrons. The molecule has 3 aromatic rings. The number of ether oxygens (including phenoxy) is 1. The summed E-state index contributed by atoms with van der Waals surface area (Å²) in [4.78, 5) is 16.9. The normalized spacial score (nSPS) is 12.7. The third-order valence-electron chi connectivity index (χ3n) is 4.62. The lowest BCUT2D eigenvalue weighted by Crippen LogP contribution is -2.34. The highest BCUT2D eigenvalue weighted by Gasteiger charge is 2.30. The number of hydrogen-bond acceptors (Lipinski definition) is 4. The highest BCUT2D eigenvalue weighted by Crippen LogP contribution is 2.32. The maximum Gasteiger partial charge on any atom is 0.416 e. The largest absolute Gasteiger partial charge is 0.416 e. The number of methoxy groups -OCH3 is 1. The third-order valence-corrected chi connectivity index (χ3v) is 4.62. The van der Waals surface area contributed by atoms with Crippen molar-refractivity contribution in [2.75, 3.05) is 13.7 Å². The molecule has 1 aromatic heterocycles. The van der Waals surface area contributed by atoms with E-state index in [9.17, 15) is 18.0 Å². The molecular formula is C22H21F3N2O3. The Kier molecular flexibility index (Phi) is 6.38. The van der Waals surface area contributed by atoms with Gasteiger partial charge in [0.1, 0.15) is 0 Å². The van der Waals surface area contributed by atoms with Gasteiger partial charge in [0, 0.05) is 29.7 Å². The minimum absolute atomic E-state index is 0.187. The van der Waals surface area contributed by atoms with E-state index in [-0.39, 0.29) is 19.1 Å². The van der Waals surface area contributed by atoms with Crippen LogP contribution in [0.1, 0.15) is 28.4 Å². The first-order valence-electron chi connectivity index (χ1n) is 9.25. The van der Waals surface area contributed by atoms with Crippen LogP contribution in [0.5, 0.6) is 0 Å². The first-order chi connectivity index (χ1) is 14.2. The minimum atomic E-state index is -4.41. The van der Waals surface area contributed by atoms with E-state index in [1.807, 2.05) is 0 Å². The van der Waals surface area contributed by atoms with Crippen LogP contribution in [-0.4, -0.2) is 35.8 Å². The molecule has 0 aliphatic carbocycles. The third kappa shape index (κ3) is 4.77. The van der Waals surface area contributed by atoms with Crippen molar-refractivity contribution in [2.24, 2.45) is 0 Å². The molecule has 0 spiro atoms. The lowest BCUT2D eigenvalue weighted by Gasteiger charge is -2.13. The molecule has 1 heterocycles. The van der Waals surface area contributed by atoms with Crippen molar-refractivity contribution in [3.05, 3.63) is 65.2 Å². The fraction of sp³-hybridized carbons (Fsp3) is 0.273. The van der Waals surface area contributed by atoms with Crippen LogP contribution < -0.4 is 5.32 Å². The summed E-state index contributed by atoms with van der Waals surface area (Å²) in [7, 11) is 1.54. The van der Waals surface area contributed by atoms with Crippen LogP contribution in [0, 0.1) is 0 Å². The summed E-state index contributed by atoms with van der Waals surface area (Å²) in [6.45, 7) is 1.77. The topological polar surface area (TPSA) is 71.5 Å². The van der Waals surface area contributed by atoms with E-state index >= 15 is 0 Å². The van der Waals surface area contributed by atoms with Gasteiger partial charge in [0.05, 0.1) is 30.0 Å². The van der Waals surface area contributed by atoms with Crippen LogP contribution >= 0.6 is 0 Å². The summed E-state index contributed by atoms with van der Waals surface area (Å²) in [5.74, 6) is -0.353. The molecule has 0 fully saturated rings. The highest BCUT2D eigenvalue weighted by molar-refractivity contribution is 5.98. The molecule has 0 saturated heterocycles. The van der Waals surface area contributed by atoms with Crippen molar-refractivity contribution in [1.29, 1.82) is 0 Å². The number of halogens is 3. The van der Waals surface area contributed by atoms with Crippen LogP contribution in [0.2, 0.25) is 0 Å². The first-order valence-corrected chi connectivity index (χ1v) is 9.25. The van der Waals surface area contributed by atoms with Crippen molar-refractivity contribution in [3.8, 4) is 11.3 Å². The van der Waals surface area contributed by atoms with Gasteiger partial charge in [-0.25, -0.2) is 4.98 Å². The van der Waals surface area contributed by atoms with Gasteiger partial charge < -0.3 is 15.2 Å². The molecule has 0 aliphatic heterocycles. The average molecular weight is 418 g/mol.